The number of aromatic nitrogens is 1. The van der Waals surface area contributed by atoms with E-state index < -0.39 is 29.1 Å². The lowest BCUT2D eigenvalue weighted by atomic mass is 9.80. The number of urea groups is 1. The number of benzene rings is 3. The first-order valence-corrected chi connectivity index (χ1v) is 11.6. The van der Waals surface area contributed by atoms with Crippen LogP contribution in [0.2, 0.25) is 5.02 Å². The van der Waals surface area contributed by atoms with Gasteiger partial charge in [0.25, 0.3) is 0 Å². The smallest absolute Gasteiger partial charge is 0.322 e. The molecule has 0 aliphatic carbocycles. The summed E-state index contributed by atoms with van der Waals surface area (Å²) in [5.74, 6) is -0.654. The van der Waals surface area contributed by atoms with E-state index in [1.54, 1.807) is 37.3 Å². The van der Waals surface area contributed by atoms with Gasteiger partial charge in [-0.1, -0.05) is 60.1 Å². The second-order valence-electron chi connectivity index (χ2n) is 8.52. The molecule has 0 spiro atoms. The topological polar surface area (TPSA) is 54.0 Å². The summed E-state index contributed by atoms with van der Waals surface area (Å²) in [5, 5.41) is 5.29. The summed E-state index contributed by atoms with van der Waals surface area (Å²) in [6, 6.07) is 21.9. The quantitative estimate of drug-likeness (QED) is 0.255. The Balaban J connectivity index is 1.87. The van der Waals surface area contributed by atoms with E-state index in [1.807, 2.05) is 18.2 Å². The van der Waals surface area contributed by atoms with Crippen molar-refractivity contribution in [1.29, 1.82) is 0 Å². The summed E-state index contributed by atoms with van der Waals surface area (Å²) >= 11 is 5.84. The molecule has 190 valence electrons. The monoisotopic (exact) mass is 527 g/mol. The normalized spacial score (nSPS) is 13.0. The molecule has 0 fully saturated rings. The van der Waals surface area contributed by atoms with Crippen molar-refractivity contribution in [1.82, 2.24) is 10.3 Å². The lowest BCUT2D eigenvalue weighted by Gasteiger charge is -2.36. The van der Waals surface area contributed by atoms with Crippen LogP contribution in [0.25, 0.3) is 0 Å². The predicted octanol–water partition coefficient (Wildman–Crippen LogP) is 7.51. The minimum absolute atomic E-state index is 0.100. The van der Waals surface area contributed by atoms with Crippen LogP contribution < -0.4 is 10.6 Å². The maximum absolute atomic E-state index is 13.7. The summed E-state index contributed by atoms with van der Waals surface area (Å²) in [7, 11) is 0. The van der Waals surface area contributed by atoms with Crippen LogP contribution in [0.1, 0.15) is 28.1 Å². The zero-order valence-corrected chi connectivity index (χ0v) is 20.4. The van der Waals surface area contributed by atoms with Gasteiger partial charge in [-0.05, 0) is 60.5 Å². The summed E-state index contributed by atoms with van der Waals surface area (Å²) in [6.45, 7) is 1.75. The molecule has 0 aliphatic rings. The molecule has 37 heavy (non-hydrogen) atoms. The van der Waals surface area contributed by atoms with E-state index in [0.29, 0.717) is 11.4 Å². The zero-order chi connectivity index (χ0) is 26.6. The number of hydrogen-bond acceptors (Lipinski definition) is 2. The number of anilines is 1. The van der Waals surface area contributed by atoms with Crippen LogP contribution in [0, 0.1) is 12.7 Å². The van der Waals surface area contributed by atoms with Gasteiger partial charge >= 0.3 is 12.2 Å². The molecule has 1 atom stereocenters. The number of amides is 2. The van der Waals surface area contributed by atoms with Gasteiger partial charge in [-0.25, -0.2) is 9.18 Å². The molecule has 4 aromatic rings. The minimum atomic E-state index is -4.60. The SMILES string of the molecule is Cc1cccc(C(Cc2ccccc2)(NC(=O)Nc2ccc(F)c(Cl)c2)c2cccc(C(F)(F)F)c2)n1. The number of pyridine rings is 1. The lowest BCUT2D eigenvalue weighted by molar-refractivity contribution is -0.137. The molecular formula is C28H22ClF4N3O. The first-order chi connectivity index (χ1) is 17.6. The molecule has 4 nitrogen and oxygen atoms in total. The van der Waals surface area contributed by atoms with Crippen LogP contribution in [0.4, 0.5) is 28.0 Å². The number of hydrogen-bond donors (Lipinski definition) is 2. The number of rotatable bonds is 6. The van der Waals surface area contributed by atoms with Gasteiger partial charge in [0.15, 0.2) is 0 Å². The maximum atomic E-state index is 13.7. The van der Waals surface area contributed by atoms with Crippen molar-refractivity contribution < 1.29 is 22.4 Å². The third-order valence-corrected chi connectivity index (χ3v) is 6.11. The number of carbonyl (C=O) groups excluding carboxylic acids is 1. The van der Waals surface area contributed by atoms with Gasteiger partial charge in [0.05, 0.1) is 16.3 Å². The number of aryl methyl sites for hydroxylation is 1. The van der Waals surface area contributed by atoms with Gasteiger partial charge in [0, 0.05) is 17.8 Å². The van der Waals surface area contributed by atoms with Crippen molar-refractivity contribution in [3.05, 3.63) is 130 Å². The van der Waals surface area contributed by atoms with Crippen LogP contribution in [-0.2, 0) is 18.1 Å². The fourth-order valence-electron chi connectivity index (χ4n) is 4.09. The van der Waals surface area contributed by atoms with Crippen molar-refractivity contribution in [3.8, 4) is 0 Å². The van der Waals surface area contributed by atoms with E-state index in [1.165, 1.54) is 24.3 Å². The number of halogens is 5. The van der Waals surface area contributed by atoms with Crippen molar-refractivity contribution >= 4 is 23.3 Å². The highest BCUT2D eigenvalue weighted by atomic mass is 35.5. The van der Waals surface area contributed by atoms with Crippen LogP contribution in [0.5, 0.6) is 0 Å². The molecule has 0 saturated carbocycles. The number of nitrogens with zero attached hydrogens (tertiary/aromatic N) is 1. The van der Waals surface area contributed by atoms with Gasteiger partial charge in [-0.3, -0.25) is 4.98 Å². The Kier molecular flexibility index (Phi) is 7.50. The van der Waals surface area contributed by atoms with Gasteiger partial charge in [0.2, 0.25) is 0 Å². The van der Waals surface area contributed by atoms with Crippen LogP contribution in [0.15, 0.2) is 91.0 Å². The Bertz CT molecular complexity index is 1410. The van der Waals surface area contributed by atoms with Gasteiger partial charge in [0.1, 0.15) is 11.4 Å². The molecule has 0 saturated heterocycles. The Labute approximate surface area is 216 Å². The van der Waals surface area contributed by atoms with Crippen LogP contribution in [0.3, 0.4) is 0 Å². The lowest BCUT2D eigenvalue weighted by Crippen LogP contribution is -2.50. The molecule has 0 aliphatic heterocycles. The van der Waals surface area contributed by atoms with Gasteiger partial charge < -0.3 is 10.6 Å². The average molecular weight is 528 g/mol. The second kappa shape index (κ2) is 10.6. The highest BCUT2D eigenvalue weighted by Gasteiger charge is 2.40. The van der Waals surface area contributed by atoms with Crippen molar-refractivity contribution in [2.75, 3.05) is 5.32 Å². The summed E-state index contributed by atoms with van der Waals surface area (Å²) in [4.78, 5) is 17.9. The Morgan fingerprint density at radius 3 is 2.27 bits per heavy atom. The molecule has 9 heteroatoms. The van der Waals surface area contributed by atoms with E-state index >= 15 is 0 Å². The number of alkyl halides is 3. The van der Waals surface area contributed by atoms with Crippen molar-refractivity contribution in [2.24, 2.45) is 0 Å². The third-order valence-electron chi connectivity index (χ3n) is 5.82. The van der Waals surface area contributed by atoms with Gasteiger partial charge in [-0.2, -0.15) is 13.2 Å². The first kappa shape index (κ1) is 26.2. The third kappa shape index (κ3) is 6.09. The fraction of sp³-hybridized carbons (Fsp3) is 0.143. The zero-order valence-electron chi connectivity index (χ0n) is 19.6. The standard InChI is InChI=1S/C28H22ClF4N3O/c1-18-7-5-12-25(34-18)27(17-19-8-3-2-4-9-19,20-10-6-11-21(15-20)28(31,32)33)36-26(37)35-22-13-14-24(30)23(29)16-22/h2-16H,17H2,1H3,(H2,35,36,37). The van der Waals surface area contributed by atoms with E-state index in [0.717, 1.165) is 23.8 Å². The second-order valence-corrected chi connectivity index (χ2v) is 8.93. The molecular weight excluding hydrogens is 506 g/mol. The number of nitrogens with one attached hydrogen (secondary N) is 2. The fourth-order valence-corrected chi connectivity index (χ4v) is 4.28. The molecule has 2 N–H and O–H groups in total. The number of carbonyl (C=O) groups is 1. The van der Waals surface area contributed by atoms with E-state index in [2.05, 4.69) is 15.6 Å². The summed E-state index contributed by atoms with van der Waals surface area (Å²) in [5.41, 5.74) is -0.230. The molecule has 3 aromatic carbocycles. The molecule has 0 bridgehead atoms. The highest BCUT2D eigenvalue weighted by Crippen LogP contribution is 2.37. The molecule has 4 rings (SSSR count). The average Bonchev–Trinajstić information content (AvgIpc) is 2.86. The minimum Gasteiger partial charge on any atom is -0.322 e. The summed E-state index contributed by atoms with van der Waals surface area (Å²) < 4.78 is 54.7. The van der Waals surface area contributed by atoms with E-state index in [-0.39, 0.29) is 22.7 Å². The van der Waals surface area contributed by atoms with Crippen LogP contribution in [-0.4, -0.2) is 11.0 Å². The Morgan fingerprint density at radius 1 is 0.892 bits per heavy atom. The molecule has 1 heterocycles. The predicted molar refractivity (Wildman–Crippen MR) is 135 cm³/mol. The van der Waals surface area contributed by atoms with Gasteiger partial charge in [-0.15, -0.1) is 0 Å². The van der Waals surface area contributed by atoms with Crippen LogP contribution >= 0.6 is 11.6 Å². The largest absolute Gasteiger partial charge is 0.416 e. The highest BCUT2D eigenvalue weighted by molar-refractivity contribution is 6.31. The molecule has 0 radical (unpaired) electrons. The summed E-state index contributed by atoms with van der Waals surface area (Å²) in [6.07, 6.45) is -4.50. The Morgan fingerprint density at radius 2 is 1.59 bits per heavy atom. The maximum Gasteiger partial charge on any atom is 0.416 e. The first-order valence-electron chi connectivity index (χ1n) is 11.3. The molecule has 1 aromatic heterocycles. The van der Waals surface area contributed by atoms with Crippen molar-refractivity contribution in [2.45, 2.75) is 25.1 Å². The van der Waals surface area contributed by atoms with Crippen molar-refractivity contribution in [3.63, 3.8) is 0 Å². The molecule has 1 unspecified atom stereocenters. The van der Waals surface area contributed by atoms with E-state index in [4.69, 9.17) is 11.6 Å². The molecule has 2 amide bonds. The Hall–Kier alpha value is -3.91. The van der Waals surface area contributed by atoms with E-state index in [9.17, 15) is 22.4 Å².